The van der Waals surface area contributed by atoms with Crippen molar-refractivity contribution in [2.45, 2.75) is 6.10 Å². The van der Waals surface area contributed by atoms with Crippen LogP contribution in [0.15, 0.2) is 18.2 Å². The first kappa shape index (κ1) is 16.7. The van der Waals surface area contributed by atoms with Crippen LogP contribution >= 0.6 is 0 Å². The number of aliphatic hydroxyl groups excluding tert-OH is 3. The molecule has 1 aromatic rings. The van der Waals surface area contributed by atoms with Crippen LogP contribution in [0, 0.1) is 0 Å². The zero-order valence-electron chi connectivity index (χ0n) is 12.0. The monoisotopic (exact) mass is 285 g/mol. The molecule has 6 nitrogen and oxygen atoms in total. The Kier molecular flexibility index (Phi) is 7.32. The zero-order chi connectivity index (χ0) is 15.0. The second-order valence-electron chi connectivity index (χ2n) is 4.37. The maximum Gasteiger partial charge on any atom is 0.128 e. The standard InChI is InChI=1S/C14H23NO5/c1-19-11-3-4-12(14(9-11)20-2)13(18)10-15(5-7-16)6-8-17/h3-4,9,13,16-18H,5-8,10H2,1-2H3. The third kappa shape index (κ3) is 4.64. The molecular weight excluding hydrogens is 262 g/mol. The zero-order valence-corrected chi connectivity index (χ0v) is 12.0. The van der Waals surface area contributed by atoms with E-state index in [0.717, 1.165) is 0 Å². The first-order valence-electron chi connectivity index (χ1n) is 6.50. The van der Waals surface area contributed by atoms with Gasteiger partial charge in [0.1, 0.15) is 11.5 Å². The number of rotatable bonds is 9. The van der Waals surface area contributed by atoms with E-state index < -0.39 is 6.10 Å². The highest BCUT2D eigenvalue weighted by molar-refractivity contribution is 5.42. The molecular formula is C14H23NO5. The Labute approximate surface area is 119 Å². The molecule has 0 aromatic heterocycles. The Hall–Kier alpha value is -1.34. The smallest absolute Gasteiger partial charge is 0.128 e. The van der Waals surface area contributed by atoms with Crippen molar-refractivity contribution in [1.29, 1.82) is 0 Å². The minimum Gasteiger partial charge on any atom is -0.497 e. The molecule has 0 radical (unpaired) electrons. The van der Waals surface area contributed by atoms with Gasteiger partial charge in [-0.1, -0.05) is 0 Å². The van der Waals surface area contributed by atoms with Crippen LogP contribution in [0.3, 0.4) is 0 Å². The van der Waals surface area contributed by atoms with E-state index in [-0.39, 0.29) is 13.2 Å². The second kappa shape index (κ2) is 8.76. The van der Waals surface area contributed by atoms with Gasteiger partial charge in [0.15, 0.2) is 0 Å². The van der Waals surface area contributed by atoms with Crippen LogP contribution in [-0.2, 0) is 0 Å². The molecule has 1 unspecified atom stereocenters. The van der Waals surface area contributed by atoms with Gasteiger partial charge in [-0.15, -0.1) is 0 Å². The third-order valence-corrected chi connectivity index (χ3v) is 3.06. The Morgan fingerprint density at radius 1 is 1.10 bits per heavy atom. The fourth-order valence-electron chi connectivity index (χ4n) is 2.01. The lowest BCUT2D eigenvalue weighted by Gasteiger charge is -2.24. The van der Waals surface area contributed by atoms with Gasteiger partial charge in [-0.05, 0) is 12.1 Å². The highest BCUT2D eigenvalue weighted by atomic mass is 16.5. The number of aliphatic hydroxyl groups is 3. The molecule has 1 aromatic carbocycles. The second-order valence-corrected chi connectivity index (χ2v) is 4.37. The quantitative estimate of drug-likeness (QED) is 0.593. The topological polar surface area (TPSA) is 82.4 Å². The molecule has 0 amide bonds. The van der Waals surface area contributed by atoms with Gasteiger partial charge in [0.05, 0.1) is 33.5 Å². The van der Waals surface area contributed by atoms with E-state index in [2.05, 4.69) is 0 Å². The molecule has 114 valence electrons. The Bertz CT molecular complexity index is 393. The lowest BCUT2D eigenvalue weighted by atomic mass is 10.1. The molecule has 6 heteroatoms. The number of methoxy groups -OCH3 is 2. The molecule has 0 saturated heterocycles. The number of ether oxygens (including phenoxy) is 2. The van der Waals surface area contributed by atoms with Crippen molar-refractivity contribution in [2.24, 2.45) is 0 Å². The molecule has 0 spiro atoms. The maximum atomic E-state index is 10.3. The molecule has 0 fully saturated rings. The van der Waals surface area contributed by atoms with Gasteiger partial charge in [0.2, 0.25) is 0 Å². The lowest BCUT2D eigenvalue weighted by molar-refractivity contribution is 0.0859. The van der Waals surface area contributed by atoms with Gasteiger partial charge in [-0.2, -0.15) is 0 Å². The average Bonchev–Trinajstić information content (AvgIpc) is 2.46. The van der Waals surface area contributed by atoms with E-state index in [9.17, 15) is 5.11 Å². The Balaban J connectivity index is 2.81. The fourth-order valence-corrected chi connectivity index (χ4v) is 2.01. The number of hydrogen-bond acceptors (Lipinski definition) is 6. The Morgan fingerprint density at radius 3 is 2.25 bits per heavy atom. The summed E-state index contributed by atoms with van der Waals surface area (Å²) in [5.74, 6) is 1.20. The van der Waals surface area contributed by atoms with E-state index in [0.29, 0.717) is 36.7 Å². The largest absolute Gasteiger partial charge is 0.497 e. The summed E-state index contributed by atoms with van der Waals surface area (Å²) in [5, 5.41) is 28.2. The Morgan fingerprint density at radius 2 is 1.75 bits per heavy atom. The van der Waals surface area contributed by atoms with Crippen LogP contribution in [0.5, 0.6) is 11.5 Å². The van der Waals surface area contributed by atoms with Crippen LogP contribution in [0.25, 0.3) is 0 Å². The molecule has 1 rings (SSSR count). The van der Waals surface area contributed by atoms with Gasteiger partial charge in [-0.25, -0.2) is 0 Å². The van der Waals surface area contributed by atoms with Crippen LogP contribution in [0.4, 0.5) is 0 Å². The van der Waals surface area contributed by atoms with Crippen LogP contribution in [-0.4, -0.2) is 67.3 Å². The summed E-state index contributed by atoms with van der Waals surface area (Å²) in [5.41, 5.74) is 0.647. The molecule has 0 aliphatic heterocycles. The molecule has 20 heavy (non-hydrogen) atoms. The van der Waals surface area contributed by atoms with Crippen LogP contribution < -0.4 is 9.47 Å². The summed E-state index contributed by atoms with van der Waals surface area (Å²) in [7, 11) is 3.10. The lowest BCUT2D eigenvalue weighted by Crippen LogP contribution is -2.33. The van der Waals surface area contributed by atoms with Gasteiger partial charge >= 0.3 is 0 Å². The SMILES string of the molecule is COc1ccc(C(O)CN(CCO)CCO)c(OC)c1. The summed E-state index contributed by atoms with van der Waals surface area (Å²) >= 11 is 0. The summed E-state index contributed by atoms with van der Waals surface area (Å²) in [4.78, 5) is 1.79. The van der Waals surface area contributed by atoms with Crippen molar-refractivity contribution < 1.29 is 24.8 Å². The van der Waals surface area contributed by atoms with Crippen molar-refractivity contribution in [3.63, 3.8) is 0 Å². The summed E-state index contributed by atoms with van der Waals surface area (Å²) in [6.07, 6.45) is -0.769. The van der Waals surface area contributed by atoms with E-state index in [4.69, 9.17) is 19.7 Å². The highest BCUT2D eigenvalue weighted by Gasteiger charge is 2.17. The van der Waals surface area contributed by atoms with Crippen LogP contribution in [0.1, 0.15) is 11.7 Å². The number of nitrogens with zero attached hydrogens (tertiary/aromatic N) is 1. The predicted octanol–water partition coefficient (Wildman–Crippen LogP) is 0.0238. The minimum atomic E-state index is -0.769. The number of hydrogen-bond donors (Lipinski definition) is 3. The number of benzene rings is 1. The predicted molar refractivity (Wildman–Crippen MR) is 75.1 cm³/mol. The molecule has 3 N–H and O–H groups in total. The van der Waals surface area contributed by atoms with E-state index in [1.807, 2.05) is 0 Å². The fraction of sp³-hybridized carbons (Fsp3) is 0.571. The summed E-state index contributed by atoms with van der Waals surface area (Å²) < 4.78 is 10.4. The van der Waals surface area contributed by atoms with Crippen molar-refractivity contribution in [2.75, 3.05) is 47.1 Å². The van der Waals surface area contributed by atoms with Gasteiger partial charge in [-0.3, -0.25) is 4.90 Å². The van der Waals surface area contributed by atoms with Crippen LogP contribution in [0.2, 0.25) is 0 Å². The normalized spacial score (nSPS) is 12.5. The molecule has 0 bridgehead atoms. The first-order chi connectivity index (χ1) is 9.65. The summed E-state index contributed by atoms with van der Waals surface area (Å²) in [6.45, 7) is 1.06. The minimum absolute atomic E-state index is 0.0214. The van der Waals surface area contributed by atoms with Gasteiger partial charge < -0.3 is 24.8 Å². The molecule has 1 atom stereocenters. The van der Waals surface area contributed by atoms with Crippen molar-refractivity contribution >= 4 is 0 Å². The first-order valence-corrected chi connectivity index (χ1v) is 6.50. The van der Waals surface area contributed by atoms with Crippen molar-refractivity contribution in [1.82, 2.24) is 4.90 Å². The van der Waals surface area contributed by atoms with Gasteiger partial charge in [0.25, 0.3) is 0 Å². The average molecular weight is 285 g/mol. The highest BCUT2D eigenvalue weighted by Crippen LogP contribution is 2.29. The maximum absolute atomic E-state index is 10.3. The van der Waals surface area contributed by atoms with E-state index in [1.165, 1.54) is 7.11 Å². The van der Waals surface area contributed by atoms with E-state index in [1.54, 1.807) is 30.2 Å². The molecule has 0 saturated carbocycles. The molecule has 0 aliphatic carbocycles. The van der Waals surface area contributed by atoms with Crippen molar-refractivity contribution in [3.05, 3.63) is 23.8 Å². The molecule has 0 heterocycles. The summed E-state index contributed by atoms with van der Waals surface area (Å²) in [6, 6.07) is 5.21. The molecule has 0 aliphatic rings. The van der Waals surface area contributed by atoms with E-state index >= 15 is 0 Å². The third-order valence-electron chi connectivity index (χ3n) is 3.06. The van der Waals surface area contributed by atoms with Crippen molar-refractivity contribution in [3.8, 4) is 11.5 Å². The van der Waals surface area contributed by atoms with Gasteiger partial charge in [0, 0.05) is 31.3 Å².